The molecular weight excluding hydrogens is 266 g/mol. The van der Waals surface area contributed by atoms with Crippen molar-refractivity contribution in [3.8, 4) is 0 Å². The second-order valence-electron chi connectivity index (χ2n) is 5.66. The highest BCUT2D eigenvalue weighted by molar-refractivity contribution is 5.84. The summed E-state index contributed by atoms with van der Waals surface area (Å²) in [6.07, 6.45) is 2.36. The molecular formula is C17H23NO3. The molecule has 114 valence electrons. The third-order valence-corrected chi connectivity index (χ3v) is 4.04. The van der Waals surface area contributed by atoms with Crippen LogP contribution in [0.1, 0.15) is 31.7 Å². The Morgan fingerprint density at radius 3 is 2.71 bits per heavy atom. The maximum absolute atomic E-state index is 12.2. The number of carbonyl (C=O) groups excluding carboxylic acids is 2. The minimum Gasteiger partial charge on any atom is -0.462 e. The smallest absolute Gasteiger partial charge is 0.309 e. The van der Waals surface area contributed by atoms with Crippen LogP contribution in [0.2, 0.25) is 0 Å². The fourth-order valence-corrected chi connectivity index (χ4v) is 2.55. The van der Waals surface area contributed by atoms with Crippen LogP contribution in [0.3, 0.4) is 0 Å². The van der Waals surface area contributed by atoms with Gasteiger partial charge in [-0.3, -0.25) is 9.59 Å². The Labute approximate surface area is 126 Å². The molecule has 21 heavy (non-hydrogen) atoms. The molecule has 4 heteroatoms. The van der Waals surface area contributed by atoms with Crippen LogP contribution >= 0.6 is 0 Å². The van der Waals surface area contributed by atoms with Crippen LogP contribution in [0.25, 0.3) is 0 Å². The number of likely N-dealkylation sites (tertiary alicyclic amines) is 1. The van der Waals surface area contributed by atoms with Crippen LogP contribution in [0, 0.1) is 5.92 Å². The van der Waals surface area contributed by atoms with E-state index in [1.165, 1.54) is 0 Å². The normalized spacial score (nSPS) is 20.2. The molecule has 0 spiro atoms. The fourth-order valence-electron chi connectivity index (χ4n) is 2.55. The van der Waals surface area contributed by atoms with Gasteiger partial charge in [-0.15, -0.1) is 0 Å². The summed E-state index contributed by atoms with van der Waals surface area (Å²) in [5.74, 6) is -0.475. The summed E-state index contributed by atoms with van der Waals surface area (Å²) in [6.45, 7) is 2.65. The first kappa shape index (κ1) is 15.5. The van der Waals surface area contributed by atoms with Gasteiger partial charge in [0.15, 0.2) is 0 Å². The zero-order valence-corrected chi connectivity index (χ0v) is 12.7. The molecule has 2 atom stereocenters. The lowest BCUT2D eigenvalue weighted by Gasteiger charge is -2.28. The summed E-state index contributed by atoms with van der Waals surface area (Å²) < 4.78 is 5.62. The zero-order valence-electron chi connectivity index (χ0n) is 12.7. The largest absolute Gasteiger partial charge is 0.462 e. The van der Waals surface area contributed by atoms with E-state index >= 15 is 0 Å². The maximum Gasteiger partial charge on any atom is 0.309 e. The van der Waals surface area contributed by atoms with Crippen LogP contribution in [0.5, 0.6) is 0 Å². The van der Waals surface area contributed by atoms with Gasteiger partial charge in [-0.1, -0.05) is 37.3 Å². The summed E-state index contributed by atoms with van der Waals surface area (Å²) in [5.41, 5.74) is 1.16. The van der Waals surface area contributed by atoms with E-state index in [9.17, 15) is 9.59 Å². The highest BCUT2D eigenvalue weighted by Crippen LogP contribution is 2.20. The molecule has 0 radical (unpaired) electrons. The van der Waals surface area contributed by atoms with E-state index in [2.05, 4.69) is 0 Å². The van der Waals surface area contributed by atoms with Crippen molar-refractivity contribution in [2.24, 2.45) is 5.92 Å². The minimum atomic E-state index is -0.279. The van der Waals surface area contributed by atoms with Gasteiger partial charge in [-0.2, -0.15) is 0 Å². The molecule has 1 saturated heterocycles. The van der Waals surface area contributed by atoms with Gasteiger partial charge in [0.2, 0.25) is 5.91 Å². The number of esters is 1. The number of nitrogens with zero attached hydrogens (tertiary/aromatic N) is 1. The third kappa shape index (κ3) is 4.31. The number of carbonyl (C=O) groups is 2. The van der Waals surface area contributed by atoms with Crippen molar-refractivity contribution in [2.75, 3.05) is 13.6 Å². The van der Waals surface area contributed by atoms with Crippen LogP contribution in [0.15, 0.2) is 30.3 Å². The van der Waals surface area contributed by atoms with E-state index < -0.39 is 0 Å². The topological polar surface area (TPSA) is 46.6 Å². The number of rotatable bonds is 5. The number of hydrogen-bond donors (Lipinski definition) is 0. The molecule has 1 aromatic carbocycles. The maximum atomic E-state index is 12.2. The molecule has 0 aromatic heterocycles. The van der Waals surface area contributed by atoms with Crippen LogP contribution in [-0.2, 0) is 20.7 Å². The van der Waals surface area contributed by atoms with E-state index in [0.717, 1.165) is 18.4 Å². The summed E-state index contributed by atoms with van der Waals surface area (Å²) in [5, 5.41) is 0. The van der Waals surface area contributed by atoms with E-state index in [4.69, 9.17) is 4.74 Å². The first-order valence-corrected chi connectivity index (χ1v) is 7.58. The van der Waals surface area contributed by atoms with Crippen LogP contribution < -0.4 is 0 Å². The van der Waals surface area contributed by atoms with Gasteiger partial charge in [0.05, 0.1) is 5.92 Å². The van der Waals surface area contributed by atoms with Crippen molar-refractivity contribution in [1.82, 2.24) is 4.90 Å². The Morgan fingerprint density at radius 2 is 2.10 bits per heavy atom. The Bertz CT molecular complexity index is 486. The number of ether oxygens (including phenoxy) is 1. The minimum absolute atomic E-state index is 0.0271. The first-order valence-electron chi connectivity index (χ1n) is 7.58. The first-order chi connectivity index (χ1) is 10.1. The SMILES string of the molecule is CC[C@@H](Cc1ccccc1)OC(=O)[C@@H]1CCN(C)C(=O)C1. The lowest BCUT2D eigenvalue weighted by molar-refractivity contribution is -0.158. The average Bonchev–Trinajstić information content (AvgIpc) is 2.50. The Morgan fingerprint density at radius 1 is 1.38 bits per heavy atom. The summed E-state index contributed by atoms with van der Waals surface area (Å²) in [6, 6.07) is 10.0. The molecule has 1 aliphatic heterocycles. The Hall–Kier alpha value is -1.84. The summed E-state index contributed by atoms with van der Waals surface area (Å²) >= 11 is 0. The van der Waals surface area contributed by atoms with Gasteiger partial charge in [-0.05, 0) is 18.4 Å². The molecule has 0 saturated carbocycles. The molecule has 1 aliphatic rings. The molecule has 0 aliphatic carbocycles. The second-order valence-corrected chi connectivity index (χ2v) is 5.66. The van der Waals surface area contributed by atoms with Crippen LogP contribution in [-0.4, -0.2) is 36.5 Å². The summed E-state index contributed by atoms with van der Waals surface area (Å²) in [4.78, 5) is 25.6. The van der Waals surface area contributed by atoms with Crippen molar-refractivity contribution < 1.29 is 14.3 Å². The van der Waals surface area contributed by atoms with Crippen molar-refractivity contribution in [2.45, 2.75) is 38.7 Å². The molecule has 4 nitrogen and oxygen atoms in total. The highest BCUT2D eigenvalue weighted by atomic mass is 16.5. The molecule has 1 aromatic rings. The number of benzene rings is 1. The van der Waals surface area contributed by atoms with Gasteiger partial charge in [0, 0.05) is 26.4 Å². The Balaban J connectivity index is 1.89. The molecule has 1 fully saturated rings. The second kappa shape index (κ2) is 7.25. The predicted molar refractivity (Wildman–Crippen MR) is 80.7 cm³/mol. The van der Waals surface area contributed by atoms with Gasteiger partial charge in [0.1, 0.15) is 6.10 Å². The van der Waals surface area contributed by atoms with E-state index in [1.54, 1.807) is 11.9 Å². The predicted octanol–water partition coefficient (Wildman–Crippen LogP) is 2.42. The summed E-state index contributed by atoms with van der Waals surface area (Å²) in [7, 11) is 1.77. The molecule has 1 amide bonds. The van der Waals surface area contributed by atoms with Crippen molar-refractivity contribution in [3.05, 3.63) is 35.9 Å². The molecule has 0 unspecified atom stereocenters. The molecule has 1 heterocycles. The quantitative estimate of drug-likeness (QED) is 0.782. The van der Waals surface area contributed by atoms with Gasteiger partial charge < -0.3 is 9.64 Å². The van der Waals surface area contributed by atoms with Crippen molar-refractivity contribution >= 4 is 11.9 Å². The lowest BCUT2D eigenvalue weighted by Crippen LogP contribution is -2.39. The van der Waals surface area contributed by atoms with Gasteiger partial charge in [0.25, 0.3) is 0 Å². The number of hydrogen-bond acceptors (Lipinski definition) is 3. The van der Waals surface area contributed by atoms with E-state index in [-0.39, 0.29) is 30.3 Å². The van der Waals surface area contributed by atoms with Crippen molar-refractivity contribution in [1.29, 1.82) is 0 Å². The van der Waals surface area contributed by atoms with Crippen LogP contribution in [0.4, 0.5) is 0 Å². The Kier molecular flexibility index (Phi) is 5.37. The average molecular weight is 289 g/mol. The molecule has 0 bridgehead atoms. The highest BCUT2D eigenvalue weighted by Gasteiger charge is 2.30. The van der Waals surface area contributed by atoms with E-state index in [0.29, 0.717) is 13.0 Å². The van der Waals surface area contributed by atoms with Gasteiger partial charge in [-0.25, -0.2) is 0 Å². The fraction of sp³-hybridized carbons (Fsp3) is 0.529. The van der Waals surface area contributed by atoms with Gasteiger partial charge >= 0.3 is 5.97 Å². The molecule has 2 rings (SSSR count). The van der Waals surface area contributed by atoms with E-state index in [1.807, 2.05) is 37.3 Å². The monoisotopic (exact) mass is 289 g/mol. The van der Waals surface area contributed by atoms with Crippen molar-refractivity contribution in [3.63, 3.8) is 0 Å². The lowest BCUT2D eigenvalue weighted by atomic mass is 9.96. The third-order valence-electron chi connectivity index (χ3n) is 4.04. The molecule has 0 N–H and O–H groups in total. The zero-order chi connectivity index (χ0) is 15.2. The number of amides is 1. The number of piperidine rings is 1. The standard InChI is InChI=1S/C17H23NO3/c1-3-15(11-13-7-5-4-6-8-13)21-17(20)14-9-10-18(2)16(19)12-14/h4-8,14-15H,3,9-12H2,1-2H3/t14-,15+/m1/s1.